The van der Waals surface area contributed by atoms with Crippen molar-refractivity contribution in [1.29, 1.82) is 0 Å². The summed E-state index contributed by atoms with van der Waals surface area (Å²) in [4.78, 5) is 9.38. The summed E-state index contributed by atoms with van der Waals surface area (Å²) in [6, 6.07) is 18.1. The monoisotopic (exact) mass is 416 g/mol. The van der Waals surface area contributed by atoms with E-state index in [2.05, 4.69) is 27.8 Å². The molecule has 150 valence electrons. The van der Waals surface area contributed by atoms with E-state index in [-0.39, 0.29) is 0 Å². The van der Waals surface area contributed by atoms with Crippen molar-refractivity contribution in [2.24, 2.45) is 0 Å². The Balaban J connectivity index is 1.37. The number of nitrogens with one attached hydrogen (secondary N) is 2. The number of hydrogen-bond acceptors (Lipinski definition) is 7. The molecule has 0 aliphatic rings. The smallest absolute Gasteiger partial charge is 0.225 e. The highest BCUT2D eigenvalue weighted by atomic mass is 32.1. The van der Waals surface area contributed by atoms with Gasteiger partial charge in [0.05, 0.1) is 23.6 Å². The average Bonchev–Trinajstić information content (AvgIpc) is 3.45. The molecule has 7 heteroatoms. The van der Waals surface area contributed by atoms with E-state index in [1.165, 1.54) is 0 Å². The van der Waals surface area contributed by atoms with Crippen LogP contribution in [0, 0.1) is 0 Å². The number of benzene rings is 2. The molecule has 30 heavy (non-hydrogen) atoms. The summed E-state index contributed by atoms with van der Waals surface area (Å²) < 4.78 is 11.9. The summed E-state index contributed by atoms with van der Waals surface area (Å²) in [5, 5.41) is 9.93. The van der Waals surface area contributed by atoms with Crippen molar-refractivity contribution in [3.05, 3.63) is 77.4 Å². The summed E-state index contributed by atoms with van der Waals surface area (Å²) in [5.74, 6) is 2.25. The van der Waals surface area contributed by atoms with Crippen molar-refractivity contribution < 1.29 is 9.15 Å². The minimum atomic E-state index is 0.580. The van der Waals surface area contributed by atoms with E-state index in [4.69, 9.17) is 14.1 Å². The number of thiophene rings is 1. The van der Waals surface area contributed by atoms with Gasteiger partial charge in [-0.15, -0.1) is 11.3 Å². The first-order valence-corrected chi connectivity index (χ1v) is 10.5. The maximum atomic E-state index is 5.43. The summed E-state index contributed by atoms with van der Waals surface area (Å²) in [5.41, 5.74) is 4.03. The van der Waals surface area contributed by atoms with E-state index >= 15 is 0 Å². The molecule has 0 saturated carbocycles. The van der Waals surface area contributed by atoms with Gasteiger partial charge in [-0.1, -0.05) is 24.3 Å². The van der Waals surface area contributed by atoms with Crippen LogP contribution in [0.3, 0.4) is 0 Å². The standard InChI is InChI=1S/C23H20N4O2S/c1-28-19-5-3-2-4-17(19)14-25-23-26-18-9-11-30-21(18)22(27-23)24-13-15-6-7-20-16(12-15)8-10-29-20/h2-12H,13-14H2,1H3,(H2,24,25,26,27). The molecule has 0 unspecified atom stereocenters. The van der Waals surface area contributed by atoms with Crippen LogP contribution in [0.1, 0.15) is 11.1 Å². The first-order valence-electron chi connectivity index (χ1n) is 9.61. The number of aromatic nitrogens is 2. The van der Waals surface area contributed by atoms with E-state index in [0.29, 0.717) is 19.0 Å². The molecule has 6 nitrogen and oxygen atoms in total. The van der Waals surface area contributed by atoms with Crippen molar-refractivity contribution in [2.75, 3.05) is 17.7 Å². The van der Waals surface area contributed by atoms with Crippen molar-refractivity contribution in [2.45, 2.75) is 13.1 Å². The molecule has 5 rings (SSSR count). The number of ether oxygens (including phenoxy) is 1. The van der Waals surface area contributed by atoms with E-state index in [1.807, 2.05) is 47.8 Å². The fourth-order valence-corrected chi connectivity index (χ4v) is 4.19. The van der Waals surface area contributed by atoms with Crippen LogP contribution < -0.4 is 15.4 Å². The quantitative estimate of drug-likeness (QED) is 0.356. The molecule has 0 aliphatic heterocycles. The number of rotatable bonds is 7. The van der Waals surface area contributed by atoms with Gasteiger partial charge in [0.1, 0.15) is 17.2 Å². The number of methoxy groups -OCH3 is 1. The molecule has 0 atom stereocenters. The van der Waals surface area contributed by atoms with Gasteiger partial charge in [-0.25, -0.2) is 4.98 Å². The average molecular weight is 417 g/mol. The Morgan fingerprint density at radius 1 is 1.00 bits per heavy atom. The zero-order valence-electron chi connectivity index (χ0n) is 16.4. The van der Waals surface area contributed by atoms with E-state index in [9.17, 15) is 0 Å². The van der Waals surface area contributed by atoms with Gasteiger partial charge < -0.3 is 19.8 Å². The molecule has 0 fully saturated rings. The van der Waals surface area contributed by atoms with Crippen LogP contribution in [0.25, 0.3) is 21.2 Å². The highest BCUT2D eigenvalue weighted by Gasteiger charge is 2.10. The van der Waals surface area contributed by atoms with Gasteiger partial charge in [-0.05, 0) is 41.3 Å². The molecule has 2 N–H and O–H groups in total. The lowest BCUT2D eigenvalue weighted by atomic mass is 10.1. The number of fused-ring (bicyclic) bond motifs is 2. The van der Waals surface area contributed by atoms with Crippen LogP contribution in [0.4, 0.5) is 11.8 Å². The van der Waals surface area contributed by atoms with Crippen molar-refractivity contribution in [1.82, 2.24) is 9.97 Å². The van der Waals surface area contributed by atoms with Crippen molar-refractivity contribution >= 4 is 44.3 Å². The molecule has 0 radical (unpaired) electrons. The highest BCUT2D eigenvalue weighted by molar-refractivity contribution is 7.17. The molecule has 0 amide bonds. The van der Waals surface area contributed by atoms with Gasteiger partial charge in [0.15, 0.2) is 0 Å². The zero-order valence-corrected chi connectivity index (χ0v) is 17.2. The number of para-hydroxylation sites is 1. The minimum Gasteiger partial charge on any atom is -0.496 e. The fraction of sp³-hybridized carbons (Fsp3) is 0.130. The third kappa shape index (κ3) is 3.67. The van der Waals surface area contributed by atoms with Gasteiger partial charge in [0, 0.05) is 24.0 Å². The summed E-state index contributed by atoms with van der Waals surface area (Å²) in [6.45, 7) is 1.24. The Kier molecular flexibility index (Phi) is 4.94. The van der Waals surface area contributed by atoms with Gasteiger partial charge >= 0.3 is 0 Å². The van der Waals surface area contributed by atoms with Crippen LogP contribution in [0.5, 0.6) is 5.75 Å². The van der Waals surface area contributed by atoms with E-state index < -0.39 is 0 Å². The SMILES string of the molecule is COc1ccccc1CNc1nc(NCc2ccc3occc3c2)c2sccc2n1. The van der Waals surface area contributed by atoms with Crippen LogP contribution in [-0.2, 0) is 13.1 Å². The normalized spacial score (nSPS) is 11.1. The number of hydrogen-bond donors (Lipinski definition) is 2. The maximum Gasteiger partial charge on any atom is 0.225 e. The molecule has 0 saturated heterocycles. The first-order chi connectivity index (χ1) is 14.8. The van der Waals surface area contributed by atoms with Crippen LogP contribution in [0.2, 0.25) is 0 Å². The predicted octanol–water partition coefficient (Wildman–Crippen LogP) is 5.67. The third-order valence-electron chi connectivity index (χ3n) is 4.91. The summed E-state index contributed by atoms with van der Waals surface area (Å²) in [6.07, 6.45) is 1.71. The van der Waals surface area contributed by atoms with Crippen LogP contribution >= 0.6 is 11.3 Å². The number of anilines is 2. The summed E-state index contributed by atoms with van der Waals surface area (Å²) >= 11 is 1.63. The Bertz CT molecular complexity index is 1310. The fourth-order valence-electron chi connectivity index (χ4n) is 3.40. The second kappa shape index (κ2) is 8.04. The Morgan fingerprint density at radius 3 is 2.87 bits per heavy atom. The lowest BCUT2D eigenvalue weighted by molar-refractivity contribution is 0.410. The van der Waals surface area contributed by atoms with Crippen molar-refractivity contribution in [3.63, 3.8) is 0 Å². The van der Waals surface area contributed by atoms with Gasteiger partial charge in [-0.2, -0.15) is 4.98 Å². The molecule has 2 aromatic carbocycles. The van der Waals surface area contributed by atoms with Gasteiger partial charge in [-0.3, -0.25) is 0 Å². The lowest BCUT2D eigenvalue weighted by Gasteiger charge is -2.12. The number of furan rings is 1. The molecule has 3 aromatic heterocycles. The first kappa shape index (κ1) is 18.4. The second-order valence-electron chi connectivity index (χ2n) is 6.84. The Labute approximate surface area is 177 Å². The number of nitrogens with zero attached hydrogens (tertiary/aromatic N) is 2. The van der Waals surface area contributed by atoms with Crippen LogP contribution in [0.15, 0.2) is 70.7 Å². The summed E-state index contributed by atoms with van der Waals surface area (Å²) in [7, 11) is 1.68. The van der Waals surface area contributed by atoms with Crippen molar-refractivity contribution in [3.8, 4) is 5.75 Å². The molecular weight excluding hydrogens is 396 g/mol. The van der Waals surface area contributed by atoms with E-state index in [0.717, 1.165) is 43.9 Å². The van der Waals surface area contributed by atoms with E-state index in [1.54, 1.807) is 24.7 Å². The second-order valence-corrected chi connectivity index (χ2v) is 7.76. The van der Waals surface area contributed by atoms with Gasteiger partial charge in [0.2, 0.25) is 5.95 Å². The minimum absolute atomic E-state index is 0.580. The molecule has 3 heterocycles. The largest absolute Gasteiger partial charge is 0.496 e. The van der Waals surface area contributed by atoms with Gasteiger partial charge in [0.25, 0.3) is 0 Å². The molecule has 5 aromatic rings. The third-order valence-corrected chi connectivity index (χ3v) is 5.82. The molecule has 0 bridgehead atoms. The topological polar surface area (TPSA) is 72.2 Å². The maximum absolute atomic E-state index is 5.43. The predicted molar refractivity (Wildman–Crippen MR) is 121 cm³/mol. The highest BCUT2D eigenvalue weighted by Crippen LogP contribution is 2.28. The zero-order chi connectivity index (χ0) is 20.3. The lowest BCUT2D eigenvalue weighted by Crippen LogP contribution is -2.08. The molecule has 0 spiro atoms. The Morgan fingerprint density at radius 2 is 1.93 bits per heavy atom. The van der Waals surface area contributed by atoms with Crippen LogP contribution in [-0.4, -0.2) is 17.1 Å². The Hall–Kier alpha value is -3.58. The molecule has 0 aliphatic carbocycles. The molecular formula is C23H20N4O2S.